The minimum atomic E-state index is -2.12. The van der Waals surface area contributed by atoms with Crippen LogP contribution < -0.4 is 0 Å². The summed E-state index contributed by atoms with van der Waals surface area (Å²) in [7, 11) is 0. The van der Waals surface area contributed by atoms with Gasteiger partial charge in [0.1, 0.15) is 0 Å². The summed E-state index contributed by atoms with van der Waals surface area (Å²) in [5, 5.41) is 56.5. The number of carbonyl (C=O) groups is 8. The zero-order valence-corrected chi connectivity index (χ0v) is 16.1. The normalized spacial score (nSPS) is 11.9. The van der Waals surface area contributed by atoms with E-state index in [1.165, 1.54) is 0 Å². The van der Waals surface area contributed by atoms with Gasteiger partial charge in [-0.2, -0.15) is 0 Å². The molecule has 1 aliphatic carbocycles. The number of hydrogen-bond acceptors (Lipinski definition) is 8. The number of aromatic carboxylic acids is 6. The zero-order valence-electron chi connectivity index (χ0n) is 16.1. The van der Waals surface area contributed by atoms with E-state index in [0.29, 0.717) is 12.1 Å². The molecule has 34 heavy (non-hydrogen) atoms. The van der Waals surface area contributed by atoms with Gasteiger partial charge in [0.05, 0.1) is 33.4 Å². The molecule has 0 bridgehead atoms. The van der Waals surface area contributed by atoms with Gasteiger partial charge in [-0.25, -0.2) is 28.8 Å². The lowest BCUT2D eigenvalue weighted by Gasteiger charge is -2.23. The molecule has 0 saturated carbocycles. The average molecular weight is 472 g/mol. The van der Waals surface area contributed by atoms with E-state index < -0.39 is 103 Å². The lowest BCUT2D eigenvalue weighted by molar-refractivity contribution is 0.0628. The third-order valence-electron chi connectivity index (χ3n) is 4.91. The van der Waals surface area contributed by atoms with Crippen molar-refractivity contribution in [3.63, 3.8) is 0 Å². The Labute approximate surface area is 184 Å². The largest absolute Gasteiger partial charge is 0.478 e. The molecule has 14 heteroatoms. The molecule has 0 spiro atoms. The van der Waals surface area contributed by atoms with Crippen LogP contribution >= 0.6 is 0 Å². The van der Waals surface area contributed by atoms with Crippen LogP contribution in [-0.4, -0.2) is 78.0 Å². The molecule has 172 valence electrons. The second-order valence-electron chi connectivity index (χ2n) is 6.68. The second-order valence-corrected chi connectivity index (χ2v) is 6.68. The predicted octanol–water partition coefficient (Wildman–Crippen LogP) is 0.651. The van der Waals surface area contributed by atoms with Gasteiger partial charge in [-0.15, -0.1) is 0 Å². The van der Waals surface area contributed by atoms with Gasteiger partial charge in [-0.3, -0.25) is 9.59 Å². The SMILES string of the molecule is O=C(O)c1cc2c(c(C(=O)O)c1C(=O)O)C(=O)c1cc(C(=O)O)c(C(=O)O)c(C(=O)O)c1C2=O. The van der Waals surface area contributed by atoms with Crippen molar-refractivity contribution in [2.45, 2.75) is 0 Å². The van der Waals surface area contributed by atoms with Gasteiger partial charge in [0.2, 0.25) is 0 Å². The summed E-state index contributed by atoms with van der Waals surface area (Å²) in [6, 6.07) is 0.710. The van der Waals surface area contributed by atoms with Crippen LogP contribution in [0.3, 0.4) is 0 Å². The van der Waals surface area contributed by atoms with E-state index in [9.17, 15) is 69.0 Å². The number of carbonyl (C=O) groups excluding carboxylic acids is 2. The molecule has 0 fully saturated rings. The Balaban J connectivity index is 2.63. The number of rotatable bonds is 6. The van der Waals surface area contributed by atoms with Gasteiger partial charge in [0.15, 0.2) is 11.6 Å². The Morgan fingerprint density at radius 1 is 0.441 bits per heavy atom. The van der Waals surface area contributed by atoms with Crippen LogP contribution in [0.5, 0.6) is 0 Å². The lowest BCUT2D eigenvalue weighted by atomic mass is 9.75. The molecule has 0 unspecified atom stereocenters. The van der Waals surface area contributed by atoms with Gasteiger partial charge in [-0.1, -0.05) is 0 Å². The highest BCUT2D eigenvalue weighted by Gasteiger charge is 2.43. The fourth-order valence-electron chi connectivity index (χ4n) is 3.67. The van der Waals surface area contributed by atoms with Crippen molar-refractivity contribution >= 4 is 47.4 Å². The molecule has 2 aromatic rings. The fraction of sp³-hybridized carbons (Fsp3) is 0. The van der Waals surface area contributed by atoms with Crippen LogP contribution in [0.2, 0.25) is 0 Å². The molecular weight excluding hydrogens is 464 g/mol. The number of carboxylic acid groups (broad SMARTS) is 6. The number of carboxylic acids is 6. The molecule has 0 atom stereocenters. The minimum Gasteiger partial charge on any atom is -0.478 e. The van der Waals surface area contributed by atoms with Gasteiger partial charge in [0, 0.05) is 22.3 Å². The Morgan fingerprint density at radius 2 is 0.706 bits per heavy atom. The molecule has 14 nitrogen and oxygen atoms in total. The van der Waals surface area contributed by atoms with E-state index in [1.807, 2.05) is 0 Å². The smallest absolute Gasteiger partial charge is 0.337 e. The van der Waals surface area contributed by atoms with Crippen molar-refractivity contribution in [3.05, 3.63) is 67.8 Å². The summed E-state index contributed by atoms with van der Waals surface area (Å²) in [6.45, 7) is 0. The van der Waals surface area contributed by atoms with Crippen LogP contribution in [0.1, 0.15) is 94.0 Å². The average Bonchev–Trinajstić information content (AvgIpc) is 2.73. The molecule has 3 rings (SSSR count). The van der Waals surface area contributed by atoms with Gasteiger partial charge < -0.3 is 30.6 Å². The summed E-state index contributed by atoms with van der Waals surface area (Å²) in [6.07, 6.45) is 0. The van der Waals surface area contributed by atoms with E-state index in [1.54, 1.807) is 0 Å². The number of hydrogen-bond donors (Lipinski definition) is 6. The van der Waals surface area contributed by atoms with Crippen LogP contribution in [0.15, 0.2) is 12.1 Å². The van der Waals surface area contributed by atoms with E-state index in [2.05, 4.69) is 0 Å². The monoisotopic (exact) mass is 472 g/mol. The first-order valence-electron chi connectivity index (χ1n) is 8.63. The third-order valence-corrected chi connectivity index (χ3v) is 4.91. The molecular formula is C20H8O14. The van der Waals surface area contributed by atoms with E-state index in [4.69, 9.17) is 0 Å². The predicted molar refractivity (Wildman–Crippen MR) is 102 cm³/mol. The molecule has 6 N–H and O–H groups in total. The first kappa shape index (κ1) is 23.3. The van der Waals surface area contributed by atoms with Crippen molar-refractivity contribution < 1.29 is 69.0 Å². The lowest BCUT2D eigenvalue weighted by Crippen LogP contribution is -2.31. The van der Waals surface area contributed by atoms with E-state index in [-0.39, 0.29) is 0 Å². The van der Waals surface area contributed by atoms with Crippen molar-refractivity contribution in [2.24, 2.45) is 0 Å². The molecule has 0 radical (unpaired) electrons. The Morgan fingerprint density at radius 3 is 0.912 bits per heavy atom. The summed E-state index contributed by atoms with van der Waals surface area (Å²) >= 11 is 0. The van der Waals surface area contributed by atoms with Crippen molar-refractivity contribution in [3.8, 4) is 0 Å². The van der Waals surface area contributed by atoms with Crippen molar-refractivity contribution in [1.82, 2.24) is 0 Å². The summed E-state index contributed by atoms with van der Waals surface area (Å²) < 4.78 is 0. The number of ketones is 2. The topological polar surface area (TPSA) is 258 Å². The number of benzene rings is 2. The molecule has 0 aliphatic heterocycles. The molecule has 0 aromatic heterocycles. The highest BCUT2D eigenvalue weighted by atomic mass is 16.4. The standard InChI is InChI=1S/C20H8O14/c21-13-3-1-5(15(23)24)9(17(27)28)11(19(31)32)7(3)14(22)4-2-6(16(25)26)10(18(29)30)12(8(4)13)20(33)34/h1-2H,(H,23,24)(H,25,26)(H,27,28)(H,29,30)(H,31,32)(H,33,34). The Hall–Kier alpha value is -5.40. The van der Waals surface area contributed by atoms with Crippen LogP contribution in [0.4, 0.5) is 0 Å². The maximum Gasteiger partial charge on any atom is 0.337 e. The Bertz CT molecular complexity index is 1330. The van der Waals surface area contributed by atoms with Gasteiger partial charge in [-0.05, 0) is 12.1 Å². The first-order valence-corrected chi connectivity index (χ1v) is 8.63. The highest BCUT2D eigenvalue weighted by Crippen LogP contribution is 2.37. The quantitative estimate of drug-likeness (QED) is 0.288. The van der Waals surface area contributed by atoms with Gasteiger partial charge >= 0.3 is 35.8 Å². The van der Waals surface area contributed by atoms with Crippen molar-refractivity contribution in [2.75, 3.05) is 0 Å². The molecule has 0 saturated heterocycles. The molecule has 0 amide bonds. The van der Waals surface area contributed by atoms with Crippen LogP contribution in [0.25, 0.3) is 0 Å². The summed E-state index contributed by atoms with van der Waals surface area (Å²) in [5.41, 5.74) is -12.2. The first-order chi connectivity index (χ1) is 15.7. The van der Waals surface area contributed by atoms with Crippen LogP contribution in [-0.2, 0) is 0 Å². The summed E-state index contributed by atoms with van der Waals surface area (Å²) in [4.78, 5) is 96.4. The summed E-state index contributed by atoms with van der Waals surface area (Å²) in [5.74, 6) is -15.5. The second kappa shape index (κ2) is 7.63. The Kier molecular flexibility index (Phi) is 5.22. The minimum absolute atomic E-state index is 0.355. The molecule has 2 aromatic carbocycles. The van der Waals surface area contributed by atoms with E-state index >= 15 is 0 Å². The molecule has 0 heterocycles. The zero-order chi connectivity index (χ0) is 25.8. The maximum absolute atomic E-state index is 13.2. The number of fused-ring (bicyclic) bond motifs is 2. The molecule has 1 aliphatic rings. The van der Waals surface area contributed by atoms with E-state index in [0.717, 1.165) is 0 Å². The maximum atomic E-state index is 13.2. The van der Waals surface area contributed by atoms with Crippen LogP contribution in [0, 0.1) is 0 Å². The highest BCUT2D eigenvalue weighted by molar-refractivity contribution is 6.35. The van der Waals surface area contributed by atoms with Crippen molar-refractivity contribution in [1.29, 1.82) is 0 Å². The van der Waals surface area contributed by atoms with Gasteiger partial charge in [0.25, 0.3) is 0 Å². The third kappa shape index (κ3) is 3.13. The fourth-order valence-corrected chi connectivity index (χ4v) is 3.67.